The second kappa shape index (κ2) is 4.72. The van der Waals surface area contributed by atoms with Crippen LogP contribution in [0, 0.1) is 5.82 Å². The molecule has 1 aromatic carbocycles. The van der Waals surface area contributed by atoms with Gasteiger partial charge in [0.05, 0.1) is 0 Å². The normalized spacial score (nSPS) is 26.5. The maximum absolute atomic E-state index is 12.9. The Labute approximate surface area is 98.8 Å². The van der Waals surface area contributed by atoms with Crippen molar-refractivity contribution in [3.8, 4) is 0 Å². The van der Waals surface area contributed by atoms with Crippen LogP contribution in [0.5, 0.6) is 0 Å². The maximum atomic E-state index is 12.9. The number of hydrogen-bond donors (Lipinski definition) is 1. The highest BCUT2D eigenvalue weighted by atomic mass is 79.9. The van der Waals surface area contributed by atoms with E-state index in [4.69, 9.17) is 0 Å². The van der Waals surface area contributed by atoms with Gasteiger partial charge in [0, 0.05) is 39.4 Å². The average molecular weight is 292 g/mol. The zero-order chi connectivity index (χ0) is 10.8. The minimum absolute atomic E-state index is 0.0644. The first-order valence-corrected chi connectivity index (χ1v) is 6.98. The van der Waals surface area contributed by atoms with Crippen LogP contribution in [0.4, 0.5) is 4.39 Å². The van der Waals surface area contributed by atoms with E-state index >= 15 is 0 Å². The molecule has 1 aliphatic heterocycles. The molecule has 1 heterocycles. The van der Waals surface area contributed by atoms with Gasteiger partial charge in [-0.05, 0) is 17.7 Å². The molecule has 5 heteroatoms. The zero-order valence-electron chi connectivity index (χ0n) is 8.00. The highest BCUT2D eigenvalue weighted by Crippen LogP contribution is 2.26. The summed E-state index contributed by atoms with van der Waals surface area (Å²) in [6, 6.07) is 4.67. The summed E-state index contributed by atoms with van der Waals surface area (Å²) in [7, 11) is -0.761. The van der Waals surface area contributed by atoms with Gasteiger partial charge >= 0.3 is 0 Å². The lowest BCUT2D eigenvalue weighted by atomic mass is 10.1. The summed E-state index contributed by atoms with van der Waals surface area (Å²) >= 11 is 3.32. The van der Waals surface area contributed by atoms with Crippen molar-refractivity contribution in [3.05, 3.63) is 34.1 Å². The monoisotopic (exact) mass is 291 g/mol. The van der Waals surface area contributed by atoms with E-state index in [9.17, 15) is 8.60 Å². The summed E-state index contributed by atoms with van der Waals surface area (Å²) in [4.78, 5) is 0. The lowest BCUT2D eigenvalue weighted by Gasteiger charge is -2.24. The summed E-state index contributed by atoms with van der Waals surface area (Å²) < 4.78 is 25.0. The molecule has 1 N–H and O–H groups in total. The number of hydrogen-bond acceptors (Lipinski definition) is 2. The molecule has 0 aromatic heterocycles. The molecular weight excluding hydrogens is 281 g/mol. The summed E-state index contributed by atoms with van der Waals surface area (Å²) in [5, 5.41) is 3.28. The Morgan fingerprint density at radius 3 is 3.00 bits per heavy atom. The van der Waals surface area contributed by atoms with Gasteiger partial charge < -0.3 is 5.32 Å². The number of rotatable bonds is 1. The minimum Gasteiger partial charge on any atom is -0.308 e. The van der Waals surface area contributed by atoms with Crippen LogP contribution in [0.3, 0.4) is 0 Å². The summed E-state index contributed by atoms with van der Waals surface area (Å²) in [5.41, 5.74) is 0.976. The molecule has 2 nitrogen and oxygen atoms in total. The molecule has 0 saturated carbocycles. The topological polar surface area (TPSA) is 29.1 Å². The summed E-state index contributed by atoms with van der Waals surface area (Å²) in [6.07, 6.45) is 0. The first-order chi connectivity index (χ1) is 7.16. The summed E-state index contributed by atoms with van der Waals surface area (Å²) in [5.74, 6) is 1.04. The van der Waals surface area contributed by atoms with Crippen molar-refractivity contribution in [1.29, 1.82) is 0 Å². The van der Waals surface area contributed by atoms with Crippen LogP contribution >= 0.6 is 15.9 Å². The predicted molar refractivity (Wildman–Crippen MR) is 62.7 cm³/mol. The Morgan fingerprint density at radius 2 is 2.33 bits per heavy atom. The quantitative estimate of drug-likeness (QED) is 0.857. The molecule has 1 aliphatic rings. The smallest absolute Gasteiger partial charge is 0.124 e. The zero-order valence-corrected chi connectivity index (χ0v) is 10.4. The third-order valence-electron chi connectivity index (χ3n) is 2.41. The van der Waals surface area contributed by atoms with E-state index < -0.39 is 10.8 Å². The van der Waals surface area contributed by atoms with Gasteiger partial charge in [0.1, 0.15) is 5.82 Å². The highest BCUT2D eigenvalue weighted by Gasteiger charge is 2.21. The SMILES string of the molecule is O=S1CCNC(c2ccc(F)cc2Br)C1. The fraction of sp³-hybridized carbons (Fsp3) is 0.400. The number of benzene rings is 1. The predicted octanol–water partition coefficient (Wildman–Crippen LogP) is 1.98. The third kappa shape index (κ3) is 2.65. The largest absolute Gasteiger partial charge is 0.308 e. The van der Waals surface area contributed by atoms with Crippen molar-refractivity contribution >= 4 is 26.7 Å². The Kier molecular flexibility index (Phi) is 3.53. The lowest BCUT2D eigenvalue weighted by Crippen LogP contribution is -2.36. The molecule has 0 aliphatic carbocycles. The molecule has 0 spiro atoms. The van der Waals surface area contributed by atoms with Gasteiger partial charge in [0.25, 0.3) is 0 Å². The van der Waals surface area contributed by atoms with Crippen LogP contribution < -0.4 is 5.32 Å². The molecule has 1 saturated heterocycles. The highest BCUT2D eigenvalue weighted by molar-refractivity contribution is 9.10. The second-order valence-corrected chi connectivity index (χ2v) is 5.96. The fourth-order valence-corrected chi connectivity index (χ4v) is 3.47. The number of nitrogens with one attached hydrogen (secondary N) is 1. The Hall–Kier alpha value is -0.260. The first-order valence-electron chi connectivity index (χ1n) is 4.70. The molecule has 1 aromatic rings. The van der Waals surface area contributed by atoms with Crippen molar-refractivity contribution in [2.75, 3.05) is 18.1 Å². The molecule has 82 valence electrons. The van der Waals surface area contributed by atoms with Gasteiger partial charge in [-0.2, -0.15) is 0 Å². The molecular formula is C10H11BrFNOS. The van der Waals surface area contributed by atoms with Crippen molar-refractivity contribution in [1.82, 2.24) is 5.32 Å². The Balaban J connectivity index is 2.24. The van der Waals surface area contributed by atoms with E-state index in [-0.39, 0.29) is 11.9 Å². The lowest BCUT2D eigenvalue weighted by molar-refractivity contribution is 0.567. The van der Waals surface area contributed by atoms with E-state index in [1.54, 1.807) is 6.07 Å². The van der Waals surface area contributed by atoms with Crippen molar-refractivity contribution < 1.29 is 8.60 Å². The van der Waals surface area contributed by atoms with Gasteiger partial charge in [-0.3, -0.25) is 4.21 Å². The van der Waals surface area contributed by atoms with Crippen molar-refractivity contribution in [2.45, 2.75) is 6.04 Å². The Bertz CT molecular complexity index is 399. The third-order valence-corrected chi connectivity index (χ3v) is 4.46. The standard InChI is InChI=1S/C10H11BrFNOS/c11-9-5-7(12)1-2-8(9)10-6-15(14)4-3-13-10/h1-2,5,10,13H,3-4,6H2. The van der Waals surface area contributed by atoms with Crippen LogP contribution in [-0.4, -0.2) is 22.3 Å². The fourth-order valence-electron chi connectivity index (χ4n) is 1.66. The number of halogens is 2. The summed E-state index contributed by atoms with van der Waals surface area (Å²) in [6.45, 7) is 0.751. The molecule has 2 rings (SSSR count). The average Bonchev–Trinajstić information content (AvgIpc) is 2.17. The van der Waals surface area contributed by atoms with Gasteiger partial charge in [-0.15, -0.1) is 0 Å². The van der Waals surface area contributed by atoms with E-state index in [0.29, 0.717) is 11.5 Å². The van der Waals surface area contributed by atoms with E-state index in [2.05, 4.69) is 21.2 Å². The first kappa shape index (κ1) is 11.2. The minimum atomic E-state index is -0.761. The van der Waals surface area contributed by atoms with Crippen LogP contribution in [0.1, 0.15) is 11.6 Å². The van der Waals surface area contributed by atoms with Crippen molar-refractivity contribution in [3.63, 3.8) is 0 Å². The molecule has 0 amide bonds. The molecule has 1 fully saturated rings. The maximum Gasteiger partial charge on any atom is 0.124 e. The molecule has 0 bridgehead atoms. The van der Waals surface area contributed by atoms with Gasteiger partial charge in [-0.25, -0.2) is 4.39 Å². The van der Waals surface area contributed by atoms with Gasteiger partial charge in [0.15, 0.2) is 0 Å². The molecule has 2 atom stereocenters. The van der Waals surface area contributed by atoms with E-state index in [1.807, 2.05) is 0 Å². The van der Waals surface area contributed by atoms with Crippen molar-refractivity contribution in [2.24, 2.45) is 0 Å². The molecule has 0 radical (unpaired) electrons. The van der Waals surface area contributed by atoms with Crippen LogP contribution in [0.15, 0.2) is 22.7 Å². The molecule has 2 unspecified atom stereocenters. The Morgan fingerprint density at radius 1 is 1.53 bits per heavy atom. The van der Waals surface area contributed by atoms with E-state index in [1.165, 1.54) is 12.1 Å². The van der Waals surface area contributed by atoms with E-state index in [0.717, 1.165) is 16.6 Å². The molecule has 15 heavy (non-hydrogen) atoms. The van der Waals surface area contributed by atoms with Gasteiger partial charge in [0.2, 0.25) is 0 Å². The van der Waals surface area contributed by atoms with Crippen LogP contribution in [-0.2, 0) is 10.8 Å². The van der Waals surface area contributed by atoms with Crippen LogP contribution in [0.2, 0.25) is 0 Å². The second-order valence-electron chi connectivity index (χ2n) is 3.48. The van der Waals surface area contributed by atoms with Gasteiger partial charge in [-0.1, -0.05) is 22.0 Å². The van der Waals surface area contributed by atoms with Crippen LogP contribution in [0.25, 0.3) is 0 Å².